The molecule has 1 aliphatic rings. The minimum Gasteiger partial charge on any atom is -0.444 e. The Labute approximate surface area is 121 Å². The van der Waals surface area contributed by atoms with Gasteiger partial charge >= 0.3 is 6.09 Å². The molecule has 1 unspecified atom stereocenters. The Morgan fingerprint density at radius 1 is 1.30 bits per heavy atom. The molecule has 0 aromatic heterocycles. The number of carbonyl (C=O) groups excluding carboxylic acids is 2. The van der Waals surface area contributed by atoms with E-state index in [-0.39, 0.29) is 6.09 Å². The number of carbonyl (C=O) groups is 2. The molecule has 0 spiro atoms. The van der Waals surface area contributed by atoms with Gasteiger partial charge in [-0.25, -0.2) is 4.79 Å². The summed E-state index contributed by atoms with van der Waals surface area (Å²) in [5, 5.41) is 0. The molecule has 1 saturated heterocycles. The van der Waals surface area contributed by atoms with Gasteiger partial charge in [-0.15, -0.1) is 0 Å². The van der Waals surface area contributed by atoms with Gasteiger partial charge in [-0.1, -0.05) is 0 Å². The van der Waals surface area contributed by atoms with Crippen LogP contribution in [0.4, 0.5) is 4.79 Å². The number of aldehydes is 1. The van der Waals surface area contributed by atoms with Crippen molar-refractivity contribution < 1.29 is 19.1 Å². The highest BCUT2D eigenvalue weighted by molar-refractivity contribution is 5.68. The van der Waals surface area contributed by atoms with Crippen molar-refractivity contribution in [2.45, 2.75) is 64.6 Å². The van der Waals surface area contributed by atoms with E-state index in [4.69, 9.17) is 9.47 Å². The highest BCUT2D eigenvalue weighted by Crippen LogP contribution is 2.29. The van der Waals surface area contributed by atoms with Crippen molar-refractivity contribution in [1.29, 1.82) is 0 Å². The van der Waals surface area contributed by atoms with Gasteiger partial charge in [0.25, 0.3) is 0 Å². The maximum absolute atomic E-state index is 12.1. The molecule has 0 N–H and O–H groups in total. The van der Waals surface area contributed by atoms with Crippen molar-refractivity contribution >= 4 is 12.4 Å². The van der Waals surface area contributed by atoms with Gasteiger partial charge in [0.05, 0.1) is 5.60 Å². The van der Waals surface area contributed by atoms with E-state index < -0.39 is 11.2 Å². The van der Waals surface area contributed by atoms with Crippen LogP contribution in [0.3, 0.4) is 0 Å². The molecule has 0 aliphatic carbocycles. The lowest BCUT2D eigenvalue weighted by Gasteiger charge is -2.31. The summed E-state index contributed by atoms with van der Waals surface area (Å²) < 4.78 is 11.2. The molecular formula is C15H27NO4. The third-order valence-corrected chi connectivity index (χ3v) is 3.46. The molecule has 1 fully saturated rings. The predicted octanol–water partition coefficient (Wildman–Crippen LogP) is 2.77. The highest BCUT2D eigenvalue weighted by atomic mass is 16.6. The normalized spacial score (nSPS) is 24.1. The molecule has 20 heavy (non-hydrogen) atoms. The maximum atomic E-state index is 12.1. The largest absolute Gasteiger partial charge is 0.444 e. The predicted molar refractivity (Wildman–Crippen MR) is 76.7 cm³/mol. The van der Waals surface area contributed by atoms with Crippen molar-refractivity contribution in [2.24, 2.45) is 0 Å². The minimum atomic E-state index is -0.483. The van der Waals surface area contributed by atoms with Crippen LogP contribution >= 0.6 is 0 Å². The molecule has 1 aliphatic heterocycles. The summed E-state index contributed by atoms with van der Waals surface area (Å²) in [5.41, 5.74) is -0.892. The Kier molecular flexibility index (Phi) is 5.99. The van der Waals surface area contributed by atoms with E-state index in [1.165, 1.54) is 0 Å². The standard InChI is InChI=1S/C15H27NO4/c1-5-19-15(9-12-17)7-6-10-16(11-8-15)13(18)20-14(2,3)4/h12H,5-11H2,1-4H3. The molecule has 1 rings (SSSR count). The average molecular weight is 285 g/mol. The summed E-state index contributed by atoms with van der Waals surface area (Å²) in [7, 11) is 0. The Hall–Kier alpha value is -1.10. The van der Waals surface area contributed by atoms with Gasteiger partial charge in [0.1, 0.15) is 11.9 Å². The second-order valence-electron chi connectivity index (χ2n) is 6.31. The molecule has 5 nitrogen and oxygen atoms in total. The molecule has 0 aromatic carbocycles. The minimum absolute atomic E-state index is 0.282. The summed E-state index contributed by atoms with van der Waals surface area (Å²) in [4.78, 5) is 24.7. The lowest BCUT2D eigenvalue weighted by molar-refractivity contribution is -0.116. The summed E-state index contributed by atoms with van der Waals surface area (Å²) in [6.45, 7) is 9.33. The van der Waals surface area contributed by atoms with Crippen molar-refractivity contribution in [3.05, 3.63) is 0 Å². The van der Waals surface area contributed by atoms with Crippen molar-refractivity contribution in [3.63, 3.8) is 0 Å². The first-order valence-electron chi connectivity index (χ1n) is 7.37. The van der Waals surface area contributed by atoms with Gasteiger partial charge < -0.3 is 19.2 Å². The topological polar surface area (TPSA) is 55.8 Å². The van der Waals surface area contributed by atoms with Crippen LogP contribution in [0.15, 0.2) is 0 Å². The summed E-state index contributed by atoms with van der Waals surface area (Å²) in [6, 6.07) is 0. The fourth-order valence-electron chi connectivity index (χ4n) is 2.54. The summed E-state index contributed by atoms with van der Waals surface area (Å²) >= 11 is 0. The van der Waals surface area contributed by atoms with Crippen LogP contribution in [-0.2, 0) is 14.3 Å². The fourth-order valence-corrected chi connectivity index (χ4v) is 2.54. The molecular weight excluding hydrogens is 258 g/mol. The zero-order chi connectivity index (χ0) is 15.2. The van der Waals surface area contributed by atoms with E-state index in [1.807, 2.05) is 27.7 Å². The van der Waals surface area contributed by atoms with Gasteiger partial charge in [0.15, 0.2) is 0 Å². The van der Waals surface area contributed by atoms with E-state index in [1.54, 1.807) is 4.90 Å². The first-order chi connectivity index (χ1) is 9.32. The summed E-state index contributed by atoms with van der Waals surface area (Å²) in [5.74, 6) is 0. The third kappa shape index (κ3) is 5.12. The van der Waals surface area contributed by atoms with Crippen LogP contribution in [0.2, 0.25) is 0 Å². The zero-order valence-corrected chi connectivity index (χ0v) is 13.1. The first-order valence-corrected chi connectivity index (χ1v) is 7.37. The lowest BCUT2D eigenvalue weighted by atomic mass is 9.91. The zero-order valence-electron chi connectivity index (χ0n) is 13.1. The molecule has 1 amide bonds. The van der Waals surface area contributed by atoms with Crippen LogP contribution in [0.1, 0.15) is 53.4 Å². The Morgan fingerprint density at radius 3 is 2.55 bits per heavy atom. The van der Waals surface area contributed by atoms with E-state index >= 15 is 0 Å². The van der Waals surface area contributed by atoms with Gasteiger partial charge in [-0.2, -0.15) is 0 Å². The molecule has 0 saturated carbocycles. The van der Waals surface area contributed by atoms with E-state index in [0.29, 0.717) is 32.5 Å². The van der Waals surface area contributed by atoms with Crippen LogP contribution in [0.5, 0.6) is 0 Å². The van der Waals surface area contributed by atoms with E-state index in [0.717, 1.165) is 19.1 Å². The molecule has 1 atom stereocenters. The molecule has 0 aromatic rings. The number of likely N-dealkylation sites (tertiary alicyclic amines) is 1. The molecule has 0 radical (unpaired) electrons. The maximum Gasteiger partial charge on any atom is 0.410 e. The first kappa shape index (κ1) is 17.0. The van der Waals surface area contributed by atoms with Crippen LogP contribution < -0.4 is 0 Å². The van der Waals surface area contributed by atoms with Gasteiger partial charge in [-0.05, 0) is 47.0 Å². The Bertz CT molecular complexity index is 337. The van der Waals surface area contributed by atoms with Crippen LogP contribution in [-0.4, -0.2) is 48.2 Å². The molecule has 116 valence electrons. The number of rotatable bonds is 4. The van der Waals surface area contributed by atoms with Crippen molar-refractivity contribution in [3.8, 4) is 0 Å². The second-order valence-corrected chi connectivity index (χ2v) is 6.31. The van der Waals surface area contributed by atoms with E-state index in [2.05, 4.69) is 0 Å². The number of nitrogens with zero attached hydrogens (tertiary/aromatic N) is 1. The summed E-state index contributed by atoms with van der Waals surface area (Å²) in [6.07, 6.45) is 3.34. The highest BCUT2D eigenvalue weighted by Gasteiger charge is 2.35. The fraction of sp³-hybridized carbons (Fsp3) is 0.867. The monoisotopic (exact) mass is 285 g/mol. The van der Waals surface area contributed by atoms with Crippen LogP contribution in [0.25, 0.3) is 0 Å². The number of amides is 1. The number of ether oxygens (including phenoxy) is 2. The molecule has 1 heterocycles. The van der Waals surface area contributed by atoms with Gasteiger partial charge in [-0.3, -0.25) is 0 Å². The SMILES string of the molecule is CCOC1(CC=O)CCCN(C(=O)OC(C)(C)C)CC1. The van der Waals surface area contributed by atoms with E-state index in [9.17, 15) is 9.59 Å². The van der Waals surface area contributed by atoms with Crippen LogP contribution in [0, 0.1) is 0 Å². The van der Waals surface area contributed by atoms with Gasteiger partial charge in [0.2, 0.25) is 0 Å². The smallest absolute Gasteiger partial charge is 0.410 e. The van der Waals surface area contributed by atoms with Crippen molar-refractivity contribution in [2.75, 3.05) is 19.7 Å². The average Bonchev–Trinajstić information content (AvgIpc) is 2.51. The Balaban J connectivity index is 2.65. The number of hydrogen-bond donors (Lipinski definition) is 0. The van der Waals surface area contributed by atoms with Crippen molar-refractivity contribution in [1.82, 2.24) is 4.90 Å². The quantitative estimate of drug-likeness (QED) is 0.745. The second kappa shape index (κ2) is 7.07. The molecule has 0 bridgehead atoms. The third-order valence-electron chi connectivity index (χ3n) is 3.46. The Morgan fingerprint density at radius 2 is 2.00 bits per heavy atom. The van der Waals surface area contributed by atoms with Gasteiger partial charge in [0, 0.05) is 26.1 Å². The molecule has 5 heteroatoms. The number of hydrogen-bond acceptors (Lipinski definition) is 4. The lowest BCUT2D eigenvalue weighted by Crippen LogP contribution is -2.39.